The maximum Gasteiger partial charge on any atom is 0.252 e. The van der Waals surface area contributed by atoms with Crippen molar-refractivity contribution in [1.29, 1.82) is 0 Å². The molecule has 23 heavy (non-hydrogen) atoms. The maximum absolute atomic E-state index is 5.92. The van der Waals surface area contributed by atoms with E-state index in [1.165, 1.54) is 11.1 Å². The van der Waals surface area contributed by atoms with Gasteiger partial charge in [0.2, 0.25) is 0 Å². The minimum Gasteiger partial charge on any atom is -0.368 e. The van der Waals surface area contributed by atoms with Crippen molar-refractivity contribution < 1.29 is 9.26 Å². The molecule has 1 heterocycles. The van der Waals surface area contributed by atoms with Crippen molar-refractivity contribution >= 4 is 0 Å². The Hall–Kier alpha value is -1.72. The molecule has 0 atom stereocenters. The van der Waals surface area contributed by atoms with Crippen molar-refractivity contribution in [3.05, 3.63) is 47.1 Å². The van der Waals surface area contributed by atoms with Gasteiger partial charge < -0.3 is 15.0 Å². The number of nitrogens with two attached hydrogens (primary N) is 1. The highest BCUT2D eigenvalue weighted by Gasteiger charge is 2.27. The maximum atomic E-state index is 5.92. The van der Waals surface area contributed by atoms with Crippen molar-refractivity contribution in [2.24, 2.45) is 5.73 Å². The summed E-state index contributed by atoms with van der Waals surface area (Å²) in [7, 11) is 0. The second kappa shape index (κ2) is 6.42. The van der Waals surface area contributed by atoms with Crippen LogP contribution in [0.1, 0.15) is 54.4 Å². The molecule has 5 nitrogen and oxygen atoms in total. The molecule has 0 spiro atoms. The third-order valence-electron chi connectivity index (χ3n) is 5.06. The van der Waals surface area contributed by atoms with E-state index < -0.39 is 0 Å². The van der Waals surface area contributed by atoms with Crippen molar-refractivity contribution in [3.63, 3.8) is 0 Å². The summed E-state index contributed by atoms with van der Waals surface area (Å²) in [4.78, 5) is 4.55. The molecule has 5 heteroatoms. The molecule has 1 fully saturated rings. The Morgan fingerprint density at radius 3 is 2.48 bits per heavy atom. The highest BCUT2D eigenvalue weighted by Crippen LogP contribution is 2.32. The van der Waals surface area contributed by atoms with Crippen molar-refractivity contribution in [2.45, 2.75) is 63.2 Å². The number of hydrogen-bond acceptors (Lipinski definition) is 5. The molecule has 0 bridgehead atoms. The molecule has 2 aliphatic rings. The van der Waals surface area contributed by atoms with Gasteiger partial charge >= 0.3 is 0 Å². The number of nitrogens with zero attached hydrogens (tertiary/aromatic N) is 2. The van der Waals surface area contributed by atoms with E-state index in [4.69, 9.17) is 15.0 Å². The topological polar surface area (TPSA) is 74.2 Å². The highest BCUT2D eigenvalue weighted by atomic mass is 16.5. The summed E-state index contributed by atoms with van der Waals surface area (Å²) in [5.41, 5.74) is 8.72. The fourth-order valence-corrected chi connectivity index (χ4v) is 3.68. The molecule has 0 saturated heterocycles. The summed E-state index contributed by atoms with van der Waals surface area (Å²) in [5, 5.41) is 4.17. The molecule has 1 aromatic carbocycles. The van der Waals surface area contributed by atoms with Crippen LogP contribution >= 0.6 is 0 Å². The van der Waals surface area contributed by atoms with Gasteiger partial charge in [-0.15, -0.1) is 0 Å². The van der Waals surface area contributed by atoms with Gasteiger partial charge in [-0.2, -0.15) is 4.98 Å². The van der Waals surface area contributed by atoms with Crippen molar-refractivity contribution in [3.8, 4) is 0 Å². The van der Waals surface area contributed by atoms with Crippen molar-refractivity contribution in [2.75, 3.05) is 0 Å². The molecular weight excluding hydrogens is 290 g/mol. The molecule has 0 aliphatic heterocycles. The lowest BCUT2D eigenvalue weighted by Gasteiger charge is -2.25. The summed E-state index contributed by atoms with van der Waals surface area (Å²) < 4.78 is 11.3. The van der Waals surface area contributed by atoms with Gasteiger partial charge in [0.1, 0.15) is 6.61 Å². The number of ether oxygens (including phenoxy) is 1. The molecule has 1 aromatic heterocycles. The van der Waals surface area contributed by atoms with Gasteiger partial charge in [-0.25, -0.2) is 0 Å². The van der Waals surface area contributed by atoms with Crippen LogP contribution < -0.4 is 5.73 Å². The van der Waals surface area contributed by atoms with E-state index in [2.05, 4.69) is 34.4 Å². The largest absolute Gasteiger partial charge is 0.368 e. The molecular formula is C18H23N3O2. The fraction of sp³-hybridized carbons (Fsp3) is 0.556. The smallest absolute Gasteiger partial charge is 0.252 e. The molecule has 2 N–H and O–H groups in total. The second-order valence-electron chi connectivity index (χ2n) is 6.77. The molecule has 0 unspecified atom stereocenters. The minimum absolute atomic E-state index is 0.279. The van der Waals surface area contributed by atoms with E-state index in [0.29, 0.717) is 24.5 Å². The molecule has 1 saturated carbocycles. The third-order valence-corrected chi connectivity index (χ3v) is 5.06. The Bertz CT molecular complexity index is 637. The van der Waals surface area contributed by atoms with Gasteiger partial charge in [0, 0.05) is 12.0 Å². The highest BCUT2D eigenvalue weighted by molar-refractivity contribution is 5.34. The Morgan fingerprint density at radius 1 is 1.09 bits per heavy atom. The van der Waals surface area contributed by atoms with Crippen LogP contribution in [0.15, 0.2) is 28.8 Å². The van der Waals surface area contributed by atoms with E-state index >= 15 is 0 Å². The molecule has 2 aliphatic carbocycles. The Balaban J connectivity index is 1.33. The van der Waals surface area contributed by atoms with Crippen LogP contribution in [0.3, 0.4) is 0 Å². The molecule has 0 amide bonds. The van der Waals surface area contributed by atoms with E-state index in [-0.39, 0.29) is 6.10 Å². The summed E-state index contributed by atoms with van der Waals surface area (Å²) in [5.74, 6) is 1.73. The number of rotatable bonds is 4. The predicted molar refractivity (Wildman–Crippen MR) is 85.9 cm³/mol. The Labute approximate surface area is 136 Å². The van der Waals surface area contributed by atoms with Crippen LogP contribution in [0.4, 0.5) is 0 Å². The van der Waals surface area contributed by atoms with Crippen LogP contribution in [-0.2, 0) is 24.2 Å². The Kier molecular flexibility index (Phi) is 4.14. The SMILES string of the molecule is NC1CCC(OCc2nc(C3Cc4ccccc4C3)no2)CC1. The molecule has 0 radical (unpaired) electrons. The number of fused-ring (bicyclic) bond motifs is 1. The van der Waals surface area contributed by atoms with Gasteiger partial charge in [0.05, 0.1) is 6.10 Å². The second-order valence-corrected chi connectivity index (χ2v) is 6.77. The number of hydrogen-bond donors (Lipinski definition) is 1. The summed E-state index contributed by atoms with van der Waals surface area (Å²) in [6.45, 7) is 0.409. The standard InChI is InChI=1S/C18H23N3O2/c19-15-5-7-16(8-6-15)22-11-17-20-18(21-23-17)14-9-12-3-1-2-4-13(12)10-14/h1-4,14-16H,5-11,19H2. The first-order valence-corrected chi connectivity index (χ1v) is 8.54. The zero-order valence-corrected chi connectivity index (χ0v) is 13.3. The van der Waals surface area contributed by atoms with Crippen LogP contribution in [0.25, 0.3) is 0 Å². The first-order valence-electron chi connectivity index (χ1n) is 8.54. The fourth-order valence-electron chi connectivity index (χ4n) is 3.68. The number of aromatic nitrogens is 2. The Morgan fingerprint density at radius 2 is 1.78 bits per heavy atom. The summed E-state index contributed by atoms with van der Waals surface area (Å²) >= 11 is 0. The molecule has 2 aromatic rings. The zero-order valence-electron chi connectivity index (χ0n) is 13.3. The van der Waals surface area contributed by atoms with E-state index in [1.807, 2.05) is 0 Å². The normalized spacial score (nSPS) is 24.7. The number of benzene rings is 1. The van der Waals surface area contributed by atoms with Crippen LogP contribution in [0.5, 0.6) is 0 Å². The lowest BCUT2D eigenvalue weighted by Crippen LogP contribution is -2.30. The molecule has 122 valence electrons. The van der Waals surface area contributed by atoms with Gasteiger partial charge in [-0.1, -0.05) is 29.4 Å². The van der Waals surface area contributed by atoms with Gasteiger partial charge in [0.15, 0.2) is 5.82 Å². The summed E-state index contributed by atoms with van der Waals surface area (Å²) in [6.07, 6.45) is 6.41. The van der Waals surface area contributed by atoms with Gasteiger partial charge in [-0.05, 0) is 49.7 Å². The van der Waals surface area contributed by atoms with Gasteiger partial charge in [0.25, 0.3) is 5.89 Å². The lowest BCUT2D eigenvalue weighted by molar-refractivity contribution is 0.00192. The third kappa shape index (κ3) is 3.31. The monoisotopic (exact) mass is 313 g/mol. The first kappa shape index (κ1) is 14.8. The van der Waals surface area contributed by atoms with E-state index in [9.17, 15) is 0 Å². The minimum atomic E-state index is 0.279. The lowest BCUT2D eigenvalue weighted by atomic mass is 9.94. The van der Waals surface area contributed by atoms with Crippen LogP contribution in [0, 0.1) is 0 Å². The predicted octanol–water partition coefficient (Wildman–Crippen LogP) is 2.74. The summed E-state index contributed by atoms with van der Waals surface area (Å²) in [6, 6.07) is 8.90. The average molecular weight is 313 g/mol. The van der Waals surface area contributed by atoms with Gasteiger partial charge in [-0.3, -0.25) is 0 Å². The molecule has 4 rings (SSSR count). The quantitative estimate of drug-likeness (QED) is 0.939. The average Bonchev–Trinajstić information content (AvgIpc) is 3.21. The van der Waals surface area contributed by atoms with Crippen molar-refractivity contribution in [1.82, 2.24) is 10.1 Å². The van der Waals surface area contributed by atoms with Crippen LogP contribution in [0.2, 0.25) is 0 Å². The first-order chi connectivity index (χ1) is 11.3. The zero-order chi connectivity index (χ0) is 15.6. The van der Waals surface area contributed by atoms with Crippen LogP contribution in [-0.4, -0.2) is 22.3 Å². The van der Waals surface area contributed by atoms with E-state index in [0.717, 1.165) is 44.3 Å². The van der Waals surface area contributed by atoms with E-state index in [1.54, 1.807) is 0 Å².